The summed E-state index contributed by atoms with van der Waals surface area (Å²) in [6.07, 6.45) is 7.29. The van der Waals surface area contributed by atoms with Crippen LogP contribution in [0.25, 0.3) is 0 Å². The van der Waals surface area contributed by atoms with Crippen LogP contribution in [0.5, 0.6) is 0 Å². The van der Waals surface area contributed by atoms with Gasteiger partial charge in [-0.2, -0.15) is 0 Å². The number of fused-ring (bicyclic) bond motifs is 2. The van der Waals surface area contributed by atoms with E-state index in [4.69, 9.17) is 4.74 Å². The van der Waals surface area contributed by atoms with Gasteiger partial charge in [0.15, 0.2) is 0 Å². The summed E-state index contributed by atoms with van der Waals surface area (Å²) in [7, 11) is 0. The normalized spacial score (nSPS) is 39.2. The fraction of sp³-hybridized carbons (Fsp3) is 0.812. The minimum absolute atomic E-state index is 0.201. The summed E-state index contributed by atoms with van der Waals surface area (Å²) in [5.74, 6) is 1.71. The van der Waals surface area contributed by atoms with Gasteiger partial charge in [0.25, 0.3) is 0 Å². The summed E-state index contributed by atoms with van der Waals surface area (Å²) in [4.78, 5) is 12.0. The van der Waals surface area contributed by atoms with E-state index in [1.54, 1.807) is 6.92 Å². The molecule has 4 unspecified atom stereocenters. The minimum Gasteiger partial charge on any atom is -0.455 e. The van der Waals surface area contributed by atoms with Crippen molar-refractivity contribution in [3.63, 3.8) is 0 Å². The van der Waals surface area contributed by atoms with Crippen molar-refractivity contribution in [2.75, 3.05) is 0 Å². The van der Waals surface area contributed by atoms with Crippen LogP contribution in [0.2, 0.25) is 0 Å². The maximum absolute atomic E-state index is 12.0. The summed E-state index contributed by atoms with van der Waals surface area (Å²) in [5.41, 5.74) is 0.292. The van der Waals surface area contributed by atoms with Gasteiger partial charge in [-0.25, -0.2) is 4.79 Å². The maximum atomic E-state index is 12.0. The largest absolute Gasteiger partial charge is 0.455 e. The molecule has 2 aliphatic rings. The highest BCUT2D eigenvalue weighted by molar-refractivity contribution is 5.87. The van der Waals surface area contributed by atoms with Gasteiger partial charge >= 0.3 is 5.97 Å². The lowest BCUT2D eigenvalue weighted by atomic mass is 9.59. The second-order valence-corrected chi connectivity index (χ2v) is 6.34. The molecule has 2 nitrogen and oxygen atoms in total. The average Bonchev–Trinajstić information content (AvgIpc) is 2.34. The molecular weight excluding hydrogens is 224 g/mol. The van der Waals surface area contributed by atoms with Crippen LogP contribution in [0.1, 0.15) is 59.3 Å². The molecule has 2 heteroatoms. The summed E-state index contributed by atoms with van der Waals surface area (Å²) in [6, 6.07) is 0. The Morgan fingerprint density at radius 3 is 2.72 bits per heavy atom. The molecule has 0 aromatic heterocycles. The van der Waals surface area contributed by atoms with Gasteiger partial charge in [-0.1, -0.05) is 33.3 Å². The van der Waals surface area contributed by atoms with Crippen molar-refractivity contribution in [2.24, 2.45) is 17.8 Å². The van der Waals surface area contributed by atoms with Crippen LogP contribution in [0, 0.1) is 17.8 Å². The van der Waals surface area contributed by atoms with Crippen LogP contribution in [-0.2, 0) is 9.53 Å². The molecule has 0 N–H and O–H groups in total. The standard InChI is InChI=1S/C16H26O2/c1-5-16(18-15(17)11(2)3)12(4)9-13-7-6-8-14(16)10-13/h12-14H,2,5-10H2,1,3-4H3. The monoisotopic (exact) mass is 250 g/mol. The highest BCUT2D eigenvalue weighted by atomic mass is 16.6. The zero-order valence-electron chi connectivity index (χ0n) is 12.0. The van der Waals surface area contributed by atoms with Crippen molar-refractivity contribution in [1.29, 1.82) is 0 Å². The number of rotatable bonds is 3. The molecule has 0 aromatic carbocycles. The van der Waals surface area contributed by atoms with Crippen molar-refractivity contribution >= 4 is 5.97 Å². The molecular formula is C16H26O2. The molecule has 0 radical (unpaired) electrons. The molecule has 0 amide bonds. The highest BCUT2D eigenvalue weighted by Gasteiger charge is 2.51. The van der Waals surface area contributed by atoms with E-state index < -0.39 is 0 Å². The van der Waals surface area contributed by atoms with Gasteiger partial charge in [-0.05, 0) is 50.4 Å². The van der Waals surface area contributed by atoms with Gasteiger partial charge in [0.2, 0.25) is 0 Å². The molecule has 2 bridgehead atoms. The number of carbonyl (C=O) groups is 1. The van der Waals surface area contributed by atoms with Gasteiger partial charge < -0.3 is 4.74 Å². The molecule has 0 heterocycles. The fourth-order valence-corrected chi connectivity index (χ4v) is 4.20. The van der Waals surface area contributed by atoms with E-state index in [9.17, 15) is 4.79 Å². The third-order valence-electron chi connectivity index (χ3n) is 5.18. The van der Waals surface area contributed by atoms with E-state index in [1.807, 2.05) is 0 Å². The summed E-state index contributed by atoms with van der Waals surface area (Å²) in [5, 5.41) is 0. The lowest BCUT2D eigenvalue weighted by molar-refractivity contribution is -0.184. The lowest BCUT2D eigenvalue weighted by Gasteiger charge is -2.52. The SMILES string of the molecule is C=C(C)C(=O)OC1(CC)C(C)CC2CCCC1C2. The Labute approximate surface area is 111 Å². The van der Waals surface area contributed by atoms with Crippen LogP contribution in [0.4, 0.5) is 0 Å². The number of esters is 1. The Kier molecular flexibility index (Phi) is 3.84. The molecule has 2 rings (SSSR count). The second-order valence-electron chi connectivity index (χ2n) is 6.34. The van der Waals surface area contributed by atoms with E-state index in [2.05, 4.69) is 20.4 Å². The average molecular weight is 250 g/mol. The van der Waals surface area contributed by atoms with Crippen LogP contribution < -0.4 is 0 Å². The minimum atomic E-state index is -0.229. The third-order valence-corrected chi connectivity index (χ3v) is 5.18. The quantitative estimate of drug-likeness (QED) is 0.557. The molecule has 0 aliphatic heterocycles. The van der Waals surface area contributed by atoms with Crippen molar-refractivity contribution in [1.82, 2.24) is 0 Å². The first-order valence-corrected chi connectivity index (χ1v) is 7.38. The van der Waals surface area contributed by atoms with Crippen LogP contribution in [-0.4, -0.2) is 11.6 Å². The number of hydrogen-bond donors (Lipinski definition) is 0. The smallest absolute Gasteiger partial charge is 0.333 e. The fourth-order valence-electron chi connectivity index (χ4n) is 4.20. The number of ether oxygens (including phenoxy) is 1. The Bertz CT molecular complexity index is 345. The van der Waals surface area contributed by atoms with Gasteiger partial charge in [-0.3, -0.25) is 0 Å². The van der Waals surface area contributed by atoms with Crippen LogP contribution in [0.15, 0.2) is 12.2 Å². The number of hydrogen-bond acceptors (Lipinski definition) is 2. The molecule has 18 heavy (non-hydrogen) atoms. The summed E-state index contributed by atoms with van der Waals surface area (Å²) in [6.45, 7) is 9.88. The van der Waals surface area contributed by atoms with E-state index in [0.717, 1.165) is 12.3 Å². The van der Waals surface area contributed by atoms with Gasteiger partial charge in [0, 0.05) is 5.57 Å². The summed E-state index contributed by atoms with van der Waals surface area (Å²) < 4.78 is 5.95. The van der Waals surface area contributed by atoms with Gasteiger partial charge in [0.1, 0.15) is 5.60 Å². The van der Waals surface area contributed by atoms with E-state index >= 15 is 0 Å². The zero-order chi connectivity index (χ0) is 13.3. The molecule has 2 saturated carbocycles. The topological polar surface area (TPSA) is 26.3 Å². The molecule has 2 aliphatic carbocycles. The molecule has 4 atom stereocenters. The third kappa shape index (κ3) is 2.22. The second kappa shape index (κ2) is 5.07. The van der Waals surface area contributed by atoms with E-state index in [1.165, 1.54) is 32.1 Å². The van der Waals surface area contributed by atoms with Crippen molar-refractivity contribution in [3.8, 4) is 0 Å². The zero-order valence-corrected chi connectivity index (χ0v) is 12.0. The highest BCUT2D eigenvalue weighted by Crippen LogP contribution is 2.51. The molecule has 2 fully saturated rings. The first-order chi connectivity index (χ1) is 8.49. The predicted octanol–water partition coefficient (Wildman–Crippen LogP) is 4.10. The Hall–Kier alpha value is -0.790. The first-order valence-electron chi connectivity index (χ1n) is 7.38. The summed E-state index contributed by atoms with van der Waals surface area (Å²) >= 11 is 0. The van der Waals surface area contributed by atoms with E-state index in [-0.39, 0.29) is 11.6 Å². The van der Waals surface area contributed by atoms with Crippen molar-refractivity contribution < 1.29 is 9.53 Å². The molecule has 0 spiro atoms. The first kappa shape index (κ1) is 13.6. The molecule has 0 aromatic rings. The Morgan fingerprint density at radius 1 is 1.39 bits per heavy atom. The molecule has 102 valence electrons. The van der Waals surface area contributed by atoms with Crippen molar-refractivity contribution in [3.05, 3.63) is 12.2 Å². The van der Waals surface area contributed by atoms with Crippen LogP contribution in [0.3, 0.4) is 0 Å². The number of carbonyl (C=O) groups excluding carboxylic acids is 1. The maximum Gasteiger partial charge on any atom is 0.333 e. The Morgan fingerprint density at radius 2 is 2.11 bits per heavy atom. The predicted molar refractivity (Wildman–Crippen MR) is 73.2 cm³/mol. The lowest BCUT2D eigenvalue weighted by Crippen LogP contribution is -2.53. The van der Waals surface area contributed by atoms with Gasteiger partial charge in [-0.15, -0.1) is 0 Å². The van der Waals surface area contributed by atoms with Crippen LogP contribution >= 0.6 is 0 Å². The van der Waals surface area contributed by atoms with Crippen molar-refractivity contribution in [2.45, 2.75) is 64.9 Å². The van der Waals surface area contributed by atoms with Gasteiger partial charge in [0.05, 0.1) is 0 Å². The molecule has 0 saturated heterocycles. The van der Waals surface area contributed by atoms with E-state index in [0.29, 0.717) is 17.4 Å². The Balaban J connectivity index is 2.22.